The van der Waals surface area contributed by atoms with Gasteiger partial charge in [-0.1, -0.05) is 40.5 Å². The van der Waals surface area contributed by atoms with Crippen molar-refractivity contribution in [1.82, 2.24) is 25.0 Å². The van der Waals surface area contributed by atoms with Crippen molar-refractivity contribution in [1.29, 1.82) is 0 Å². The Hall–Kier alpha value is -3.03. The first-order chi connectivity index (χ1) is 13.0. The van der Waals surface area contributed by atoms with E-state index in [4.69, 9.17) is 23.2 Å². The molecule has 0 saturated heterocycles. The number of carbonyl (C=O) groups excluding carboxylic acids is 1. The highest BCUT2D eigenvalue weighted by molar-refractivity contribution is 6.42. The Balaban J connectivity index is 1.69. The van der Waals surface area contributed by atoms with Crippen molar-refractivity contribution < 1.29 is 4.79 Å². The Morgan fingerprint density at radius 1 is 1.15 bits per heavy atom. The van der Waals surface area contributed by atoms with Crippen LogP contribution in [0.1, 0.15) is 16.2 Å². The Morgan fingerprint density at radius 2 is 2.00 bits per heavy atom. The molecule has 0 unspecified atom stereocenters. The number of rotatable bonds is 3. The monoisotopic (exact) mass is 398 g/mol. The molecule has 134 valence electrons. The fourth-order valence-corrected chi connectivity index (χ4v) is 2.97. The van der Waals surface area contributed by atoms with E-state index in [2.05, 4.69) is 25.6 Å². The van der Waals surface area contributed by atoms with Gasteiger partial charge in [0.15, 0.2) is 5.69 Å². The van der Waals surface area contributed by atoms with Gasteiger partial charge in [-0.25, -0.2) is 9.67 Å². The highest BCUT2D eigenvalue weighted by Crippen LogP contribution is 2.24. The molecule has 9 heteroatoms. The van der Waals surface area contributed by atoms with Crippen LogP contribution in [0.5, 0.6) is 0 Å². The van der Waals surface area contributed by atoms with Crippen molar-refractivity contribution in [2.45, 2.75) is 6.92 Å². The molecule has 3 aromatic heterocycles. The predicted molar refractivity (Wildman–Crippen MR) is 104 cm³/mol. The van der Waals surface area contributed by atoms with E-state index in [1.165, 1.54) is 12.3 Å². The zero-order chi connectivity index (χ0) is 19.0. The second-order valence-electron chi connectivity index (χ2n) is 5.75. The van der Waals surface area contributed by atoms with Gasteiger partial charge in [0.05, 0.1) is 21.4 Å². The van der Waals surface area contributed by atoms with E-state index in [1.54, 1.807) is 24.0 Å². The van der Waals surface area contributed by atoms with Crippen LogP contribution >= 0.6 is 23.2 Å². The molecule has 0 atom stereocenters. The summed E-state index contributed by atoms with van der Waals surface area (Å²) >= 11 is 11.8. The summed E-state index contributed by atoms with van der Waals surface area (Å²) in [5.74, 6) is -0.161. The van der Waals surface area contributed by atoms with Gasteiger partial charge in [-0.15, -0.1) is 5.10 Å². The predicted octanol–water partition coefficient (Wildman–Crippen LogP) is 4.08. The van der Waals surface area contributed by atoms with Gasteiger partial charge in [0.25, 0.3) is 5.91 Å². The van der Waals surface area contributed by atoms with E-state index in [1.807, 2.05) is 24.3 Å². The van der Waals surface area contributed by atoms with Gasteiger partial charge >= 0.3 is 0 Å². The summed E-state index contributed by atoms with van der Waals surface area (Å²) in [6.07, 6.45) is 4.85. The van der Waals surface area contributed by atoms with Gasteiger partial charge in [-0.05, 0) is 19.1 Å². The summed E-state index contributed by atoms with van der Waals surface area (Å²) in [5, 5.41) is 13.4. The van der Waals surface area contributed by atoms with Crippen LogP contribution in [0.4, 0.5) is 5.82 Å². The summed E-state index contributed by atoms with van der Waals surface area (Å²) in [6.45, 7) is 1.78. The molecular weight excluding hydrogens is 387 g/mol. The molecule has 0 fully saturated rings. The third-order valence-corrected chi connectivity index (χ3v) is 4.76. The summed E-state index contributed by atoms with van der Waals surface area (Å²) in [4.78, 5) is 20.7. The van der Waals surface area contributed by atoms with Crippen molar-refractivity contribution in [3.63, 3.8) is 0 Å². The average Bonchev–Trinajstić information content (AvgIpc) is 3.05. The largest absolute Gasteiger partial charge is 0.305 e. The number of aromatic nitrogens is 5. The number of anilines is 1. The molecule has 0 radical (unpaired) electrons. The van der Waals surface area contributed by atoms with Gasteiger partial charge in [0, 0.05) is 35.4 Å². The lowest BCUT2D eigenvalue weighted by Gasteiger charge is -2.08. The quantitative estimate of drug-likeness (QED) is 0.561. The molecule has 3 heterocycles. The van der Waals surface area contributed by atoms with E-state index < -0.39 is 5.91 Å². The molecule has 0 aliphatic rings. The smallest absolute Gasteiger partial charge is 0.279 e. The third kappa shape index (κ3) is 3.22. The maximum Gasteiger partial charge on any atom is 0.279 e. The van der Waals surface area contributed by atoms with Crippen LogP contribution < -0.4 is 5.32 Å². The van der Waals surface area contributed by atoms with Gasteiger partial charge in [0.2, 0.25) is 0 Å². The number of halogens is 2. The molecule has 7 nitrogen and oxygen atoms in total. The van der Waals surface area contributed by atoms with Gasteiger partial charge in [0.1, 0.15) is 5.82 Å². The van der Waals surface area contributed by atoms with Gasteiger partial charge in [-0.3, -0.25) is 9.78 Å². The zero-order valence-corrected chi connectivity index (χ0v) is 15.5. The van der Waals surface area contributed by atoms with Crippen molar-refractivity contribution in [3.8, 4) is 5.69 Å². The summed E-state index contributed by atoms with van der Waals surface area (Å²) in [5.41, 5.74) is 1.59. The molecule has 4 rings (SSSR count). The van der Waals surface area contributed by atoms with Crippen molar-refractivity contribution in [2.24, 2.45) is 0 Å². The molecule has 0 bridgehead atoms. The molecule has 0 aliphatic heterocycles. The van der Waals surface area contributed by atoms with Crippen LogP contribution in [0.25, 0.3) is 16.5 Å². The fourth-order valence-electron chi connectivity index (χ4n) is 2.72. The first-order valence-corrected chi connectivity index (χ1v) is 8.68. The maximum atomic E-state index is 12.6. The van der Waals surface area contributed by atoms with E-state index in [0.717, 1.165) is 16.5 Å². The molecular formula is C18H12Cl2N6O. The molecule has 4 aromatic rings. The minimum atomic E-state index is -0.438. The molecule has 0 spiro atoms. The molecule has 0 aliphatic carbocycles. The number of hydrogen-bond donors (Lipinski definition) is 1. The van der Waals surface area contributed by atoms with E-state index in [-0.39, 0.29) is 11.5 Å². The SMILES string of the molecule is Cc1c(C(=O)Nc2cc(Cl)c(Cl)cn2)nnn1-c1cccc2cnccc12. The Morgan fingerprint density at radius 3 is 2.81 bits per heavy atom. The van der Waals surface area contributed by atoms with Crippen LogP contribution in [0.2, 0.25) is 10.0 Å². The zero-order valence-electron chi connectivity index (χ0n) is 14.0. The lowest BCUT2D eigenvalue weighted by molar-refractivity contribution is 0.102. The molecule has 1 N–H and O–H groups in total. The number of benzene rings is 1. The minimum Gasteiger partial charge on any atom is -0.305 e. The Kier molecular flexibility index (Phi) is 4.47. The lowest BCUT2D eigenvalue weighted by Crippen LogP contribution is -2.15. The van der Waals surface area contributed by atoms with Crippen LogP contribution in [0.15, 0.2) is 48.9 Å². The second-order valence-corrected chi connectivity index (χ2v) is 6.56. The second kappa shape index (κ2) is 6.94. The average molecular weight is 399 g/mol. The van der Waals surface area contributed by atoms with Crippen molar-refractivity contribution in [2.75, 3.05) is 5.32 Å². The van der Waals surface area contributed by atoms with Crippen molar-refractivity contribution >= 4 is 45.7 Å². The lowest BCUT2D eigenvalue weighted by atomic mass is 10.1. The number of carbonyl (C=O) groups is 1. The van der Waals surface area contributed by atoms with Gasteiger partial charge < -0.3 is 5.32 Å². The number of amides is 1. The standard InChI is InChI=1S/C18H12Cl2N6O/c1-10-17(18(27)23-16-7-13(19)14(20)9-22-16)24-25-26(10)15-4-2-3-11-8-21-6-5-12(11)15/h2-9H,1H3,(H,22,23,27). The van der Waals surface area contributed by atoms with Gasteiger partial charge in [-0.2, -0.15) is 0 Å². The van der Waals surface area contributed by atoms with Crippen LogP contribution in [-0.2, 0) is 0 Å². The number of pyridine rings is 2. The first kappa shape index (κ1) is 17.4. The highest BCUT2D eigenvalue weighted by atomic mass is 35.5. The minimum absolute atomic E-state index is 0.189. The normalized spacial score (nSPS) is 10.9. The number of fused-ring (bicyclic) bond motifs is 1. The topological polar surface area (TPSA) is 85.6 Å². The summed E-state index contributed by atoms with van der Waals surface area (Å²) < 4.78 is 1.62. The van der Waals surface area contributed by atoms with Crippen molar-refractivity contribution in [3.05, 3.63) is 70.4 Å². The van der Waals surface area contributed by atoms with Crippen LogP contribution in [-0.4, -0.2) is 30.9 Å². The molecule has 27 heavy (non-hydrogen) atoms. The van der Waals surface area contributed by atoms with Crippen LogP contribution in [0.3, 0.4) is 0 Å². The molecule has 1 aromatic carbocycles. The molecule has 1 amide bonds. The maximum absolute atomic E-state index is 12.6. The Bertz CT molecular complexity index is 1170. The number of nitrogens with one attached hydrogen (secondary N) is 1. The van der Waals surface area contributed by atoms with E-state index in [9.17, 15) is 4.79 Å². The molecule has 0 saturated carbocycles. The number of nitrogens with zero attached hydrogens (tertiary/aromatic N) is 5. The first-order valence-electron chi connectivity index (χ1n) is 7.92. The van der Waals surface area contributed by atoms with E-state index in [0.29, 0.717) is 15.7 Å². The third-order valence-electron chi connectivity index (χ3n) is 4.05. The Labute approximate surface area is 164 Å². The summed E-state index contributed by atoms with van der Waals surface area (Å²) in [6, 6.07) is 9.14. The summed E-state index contributed by atoms with van der Waals surface area (Å²) in [7, 11) is 0. The highest BCUT2D eigenvalue weighted by Gasteiger charge is 2.19. The van der Waals surface area contributed by atoms with E-state index >= 15 is 0 Å². The number of hydrogen-bond acceptors (Lipinski definition) is 5. The van der Waals surface area contributed by atoms with Crippen LogP contribution in [0, 0.1) is 6.92 Å². The fraction of sp³-hybridized carbons (Fsp3) is 0.0556.